The minimum absolute atomic E-state index is 0.0688. The SMILES string of the molecule is CS(=O)(=O)c1ccc(-c2csc(-c3ccc(-c4ccccc4[N+](=O)[O-])cc3)n2)cc1. The molecule has 1 aromatic heterocycles. The number of hydrogen-bond acceptors (Lipinski definition) is 6. The maximum Gasteiger partial charge on any atom is 0.277 e. The Bertz CT molecular complexity index is 1330. The molecule has 6 nitrogen and oxygen atoms in total. The average molecular weight is 437 g/mol. The molecule has 0 spiro atoms. The molecular weight excluding hydrogens is 420 g/mol. The van der Waals surface area contributed by atoms with E-state index >= 15 is 0 Å². The van der Waals surface area contributed by atoms with Crippen LogP contribution in [0, 0.1) is 10.1 Å². The van der Waals surface area contributed by atoms with Crippen LogP contribution in [0.4, 0.5) is 5.69 Å². The van der Waals surface area contributed by atoms with Crippen LogP contribution in [0.3, 0.4) is 0 Å². The summed E-state index contributed by atoms with van der Waals surface area (Å²) in [5.41, 5.74) is 3.90. The molecule has 0 radical (unpaired) electrons. The number of sulfone groups is 1. The molecular formula is C22H16N2O4S2. The molecule has 1 heterocycles. The number of para-hydroxylation sites is 1. The lowest BCUT2D eigenvalue weighted by Gasteiger charge is -2.04. The third kappa shape index (κ3) is 4.00. The van der Waals surface area contributed by atoms with Gasteiger partial charge in [0.2, 0.25) is 0 Å². The zero-order chi connectivity index (χ0) is 21.3. The fourth-order valence-corrected chi connectivity index (χ4v) is 4.55. The second kappa shape index (κ2) is 7.81. The highest BCUT2D eigenvalue weighted by Gasteiger charge is 2.15. The van der Waals surface area contributed by atoms with Gasteiger partial charge in [-0.25, -0.2) is 13.4 Å². The first kappa shape index (κ1) is 19.9. The van der Waals surface area contributed by atoms with Crippen LogP contribution in [-0.2, 0) is 9.84 Å². The number of thiazole rings is 1. The molecule has 0 aliphatic heterocycles. The molecule has 0 aliphatic rings. The van der Waals surface area contributed by atoms with Gasteiger partial charge >= 0.3 is 0 Å². The van der Waals surface area contributed by atoms with Crippen LogP contribution in [0.2, 0.25) is 0 Å². The van der Waals surface area contributed by atoms with Crippen LogP contribution in [0.25, 0.3) is 33.0 Å². The van der Waals surface area contributed by atoms with E-state index in [4.69, 9.17) is 0 Å². The number of hydrogen-bond donors (Lipinski definition) is 0. The molecule has 0 bridgehead atoms. The van der Waals surface area contributed by atoms with Gasteiger partial charge in [0, 0.05) is 28.8 Å². The summed E-state index contributed by atoms with van der Waals surface area (Å²) in [6.07, 6.45) is 1.18. The maximum atomic E-state index is 11.6. The van der Waals surface area contributed by atoms with Crippen LogP contribution in [0.5, 0.6) is 0 Å². The second-order valence-electron chi connectivity index (χ2n) is 6.69. The topological polar surface area (TPSA) is 90.2 Å². The molecule has 8 heteroatoms. The summed E-state index contributed by atoms with van der Waals surface area (Å²) in [5, 5.41) is 14.0. The molecule has 150 valence electrons. The Morgan fingerprint density at radius 3 is 2.10 bits per heavy atom. The monoisotopic (exact) mass is 436 g/mol. The summed E-state index contributed by atoms with van der Waals surface area (Å²) in [7, 11) is -3.24. The first-order valence-corrected chi connectivity index (χ1v) is 11.7. The highest BCUT2D eigenvalue weighted by atomic mass is 32.2. The van der Waals surface area contributed by atoms with Crippen LogP contribution in [0.15, 0.2) is 83.1 Å². The minimum atomic E-state index is -3.24. The fraction of sp³-hybridized carbons (Fsp3) is 0.0455. The summed E-state index contributed by atoms with van der Waals surface area (Å²) in [5.74, 6) is 0. The van der Waals surface area contributed by atoms with E-state index < -0.39 is 9.84 Å². The van der Waals surface area contributed by atoms with Gasteiger partial charge < -0.3 is 0 Å². The van der Waals surface area contributed by atoms with Gasteiger partial charge in [-0.3, -0.25) is 10.1 Å². The van der Waals surface area contributed by atoms with Crippen molar-refractivity contribution < 1.29 is 13.3 Å². The highest BCUT2D eigenvalue weighted by Crippen LogP contribution is 2.33. The number of rotatable bonds is 5. The molecule has 0 unspecified atom stereocenters. The molecule has 0 saturated heterocycles. The summed E-state index contributed by atoms with van der Waals surface area (Å²) < 4.78 is 23.2. The Hall–Kier alpha value is -3.36. The van der Waals surface area contributed by atoms with E-state index in [9.17, 15) is 18.5 Å². The van der Waals surface area contributed by atoms with Crippen molar-refractivity contribution in [1.82, 2.24) is 4.98 Å². The van der Waals surface area contributed by atoms with Gasteiger partial charge in [-0.15, -0.1) is 11.3 Å². The van der Waals surface area contributed by atoms with Gasteiger partial charge in [0.15, 0.2) is 9.84 Å². The molecule has 0 atom stereocenters. The molecule has 4 aromatic rings. The van der Waals surface area contributed by atoms with Crippen molar-refractivity contribution in [2.75, 3.05) is 6.26 Å². The summed E-state index contributed by atoms with van der Waals surface area (Å²) in [6, 6.07) is 20.8. The third-order valence-corrected chi connectivity index (χ3v) is 6.65. The normalized spacial score (nSPS) is 11.4. The lowest BCUT2D eigenvalue weighted by atomic mass is 10.0. The van der Waals surface area contributed by atoms with E-state index in [1.807, 2.05) is 29.6 Å². The molecule has 0 aliphatic carbocycles. The summed E-state index contributed by atoms with van der Waals surface area (Å²) in [6.45, 7) is 0. The van der Waals surface area contributed by atoms with E-state index in [2.05, 4.69) is 4.98 Å². The first-order valence-electron chi connectivity index (χ1n) is 8.93. The number of nitro benzene ring substituents is 1. The smallest absolute Gasteiger partial charge is 0.258 e. The molecule has 0 amide bonds. The van der Waals surface area contributed by atoms with Crippen LogP contribution < -0.4 is 0 Å². The quantitative estimate of drug-likeness (QED) is 0.306. The van der Waals surface area contributed by atoms with Crippen molar-refractivity contribution >= 4 is 26.9 Å². The first-order chi connectivity index (χ1) is 14.3. The van der Waals surface area contributed by atoms with Gasteiger partial charge in [-0.05, 0) is 23.8 Å². The lowest BCUT2D eigenvalue weighted by Crippen LogP contribution is -1.96. The lowest BCUT2D eigenvalue weighted by molar-refractivity contribution is -0.384. The zero-order valence-electron chi connectivity index (χ0n) is 15.8. The Kier molecular flexibility index (Phi) is 5.19. The molecule has 4 rings (SSSR count). The molecule has 3 aromatic carbocycles. The van der Waals surface area contributed by atoms with Crippen LogP contribution >= 0.6 is 11.3 Å². The van der Waals surface area contributed by atoms with Gasteiger partial charge in [0.25, 0.3) is 5.69 Å². The van der Waals surface area contributed by atoms with E-state index in [1.54, 1.807) is 42.5 Å². The van der Waals surface area contributed by atoms with Crippen molar-refractivity contribution in [3.05, 3.63) is 88.3 Å². The van der Waals surface area contributed by atoms with Crippen LogP contribution in [-0.4, -0.2) is 24.6 Å². The van der Waals surface area contributed by atoms with Crippen LogP contribution in [0.1, 0.15) is 0 Å². The largest absolute Gasteiger partial charge is 0.277 e. The third-order valence-electron chi connectivity index (χ3n) is 4.63. The number of aromatic nitrogens is 1. The van der Waals surface area contributed by atoms with E-state index in [0.717, 1.165) is 27.4 Å². The Balaban J connectivity index is 1.61. The molecule has 30 heavy (non-hydrogen) atoms. The van der Waals surface area contributed by atoms with Crippen molar-refractivity contribution in [3.8, 4) is 33.0 Å². The Morgan fingerprint density at radius 2 is 1.47 bits per heavy atom. The standard InChI is InChI=1S/C22H16N2O4S2/c1-30(27,28)18-12-10-16(11-13-18)20-14-29-22(23-20)17-8-6-15(7-9-17)19-4-2-3-5-21(19)24(25)26/h2-14H,1H3. The van der Waals surface area contributed by atoms with Gasteiger partial charge in [0.1, 0.15) is 5.01 Å². The second-order valence-corrected chi connectivity index (χ2v) is 9.56. The van der Waals surface area contributed by atoms with Crippen molar-refractivity contribution in [3.63, 3.8) is 0 Å². The van der Waals surface area contributed by atoms with Crippen molar-refractivity contribution in [1.29, 1.82) is 0 Å². The molecule has 0 saturated carbocycles. The summed E-state index contributed by atoms with van der Waals surface area (Å²) in [4.78, 5) is 15.8. The van der Waals surface area contributed by atoms with E-state index in [1.165, 1.54) is 23.7 Å². The molecule has 0 N–H and O–H groups in total. The predicted octanol–water partition coefficient (Wildman–Crippen LogP) is 5.46. The van der Waals surface area contributed by atoms with Gasteiger partial charge in [0.05, 0.1) is 21.1 Å². The van der Waals surface area contributed by atoms with Gasteiger partial charge in [-0.1, -0.05) is 48.5 Å². The maximum absolute atomic E-state index is 11.6. The zero-order valence-corrected chi connectivity index (χ0v) is 17.5. The Morgan fingerprint density at radius 1 is 0.867 bits per heavy atom. The number of nitro groups is 1. The average Bonchev–Trinajstić information content (AvgIpc) is 3.24. The minimum Gasteiger partial charge on any atom is -0.258 e. The van der Waals surface area contributed by atoms with Crippen molar-refractivity contribution in [2.24, 2.45) is 0 Å². The van der Waals surface area contributed by atoms with Crippen molar-refractivity contribution in [2.45, 2.75) is 4.90 Å². The van der Waals surface area contributed by atoms with E-state index in [-0.39, 0.29) is 15.5 Å². The number of benzene rings is 3. The molecule has 0 fully saturated rings. The predicted molar refractivity (Wildman–Crippen MR) is 118 cm³/mol. The highest BCUT2D eigenvalue weighted by molar-refractivity contribution is 7.90. The van der Waals surface area contributed by atoms with E-state index in [0.29, 0.717) is 5.56 Å². The summed E-state index contributed by atoms with van der Waals surface area (Å²) >= 11 is 1.48. The van der Waals surface area contributed by atoms with Gasteiger partial charge in [-0.2, -0.15) is 0 Å². The Labute approximate surface area is 177 Å². The number of nitrogens with zero attached hydrogens (tertiary/aromatic N) is 2. The fourth-order valence-electron chi connectivity index (χ4n) is 3.08.